The molecule has 0 N–H and O–H groups in total. The zero-order valence-corrected chi connectivity index (χ0v) is 14.5. The average molecular weight is 337 g/mol. The lowest BCUT2D eigenvalue weighted by molar-refractivity contribution is -0.133. The molecule has 0 aromatic carbocycles. The van der Waals surface area contributed by atoms with Gasteiger partial charge in [0.2, 0.25) is 5.91 Å². The summed E-state index contributed by atoms with van der Waals surface area (Å²) in [6.45, 7) is 1.65. The lowest BCUT2D eigenvalue weighted by Crippen LogP contribution is -2.46. The number of amides is 1. The van der Waals surface area contributed by atoms with Crippen molar-refractivity contribution in [3.05, 3.63) is 48.4 Å². The predicted octanol–water partition coefficient (Wildman–Crippen LogP) is 2.10. The Bertz CT molecular complexity index is 715. The highest BCUT2D eigenvalue weighted by atomic mass is 16.2. The molecular weight excluding hydrogens is 314 g/mol. The van der Waals surface area contributed by atoms with Crippen LogP contribution in [-0.2, 0) is 4.79 Å². The molecule has 1 aliphatic heterocycles. The summed E-state index contributed by atoms with van der Waals surface area (Å²) in [5.74, 6) is 1.72. The molecule has 130 valence electrons. The third-order valence-corrected chi connectivity index (χ3v) is 5.46. The van der Waals surface area contributed by atoms with Crippen molar-refractivity contribution in [2.75, 3.05) is 25.0 Å². The number of carbonyl (C=O) groups excluding carboxylic acids is 1. The zero-order valence-electron chi connectivity index (χ0n) is 14.5. The van der Waals surface area contributed by atoms with Crippen LogP contribution in [-0.4, -0.2) is 52.2 Å². The molecule has 1 amide bonds. The zero-order chi connectivity index (χ0) is 17.2. The van der Waals surface area contributed by atoms with Crippen LogP contribution in [0.15, 0.2) is 42.9 Å². The van der Waals surface area contributed by atoms with Crippen LogP contribution in [0, 0.1) is 5.92 Å². The van der Waals surface area contributed by atoms with Crippen LogP contribution in [0.4, 0.5) is 5.82 Å². The fourth-order valence-corrected chi connectivity index (χ4v) is 3.81. The molecule has 4 rings (SSSR count). The van der Waals surface area contributed by atoms with Gasteiger partial charge >= 0.3 is 0 Å². The molecule has 2 aromatic rings. The number of aromatic nitrogens is 3. The number of anilines is 1. The van der Waals surface area contributed by atoms with E-state index in [1.807, 2.05) is 29.3 Å². The number of nitrogens with zero attached hydrogens (tertiary/aromatic N) is 5. The van der Waals surface area contributed by atoms with Crippen LogP contribution in [0.3, 0.4) is 0 Å². The summed E-state index contributed by atoms with van der Waals surface area (Å²) in [4.78, 5) is 21.2. The molecule has 2 aromatic heterocycles. The van der Waals surface area contributed by atoms with E-state index in [4.69, 9.17) is 0 Å². The van der Waals surface area contributed by atoms with Gasteiger partial charge in [-0.15, -0.1) is 5.10 Å². The first-order valence-corrected chi connectivity index (χ1v) is 8.93. The van der Waals surface area contributed by atoms with E-state index in [-0.39, 0.29) is 5.92 Å². The molecule has 0 bridgehead atoms. The predicted molar refractivity (Wildman–Crippen MR) is 95.1 cm³/mol. The molecule has 1 saturated heterocycles. The Morgan fingerprint density at radius 3 is 2.68 bits per heavy atom. The van der Waals surface area contributed by atoms with Crippen molar-refractivity contribution in [2.24, 2.45) is 5.92 Å². The molecule has 0 spiro atoms. The number of likely N-dealkylation sites (tertiary alicyclic amines) is 1. The van der Waals surface area contributed by atoms with E-state index in [2.05, 4.69) is 33.2 Å². The summed E-state index contributed by atoms with van der Waals surface area (Å²) >= 11 is 0. The highest BCUT2D eigenvalue weighted by Crippen LogP contribution is 2.48. The summed E-state index contributed by atoms with van der Waals surface area (Å²) < 4.78 is 0. The number of hydrogen-bond acceptors (Lipinski definition) is 5. The van der Waals surface area contributed by atoms with Crippen LogP contribution < -0.4 is 4.90 Å². The maximum Gasteiger partial charge on any atom is 0.226 e. The molecule has 2 aliphatic rings. The first kappa shape index (κ1) is 16.0. The summed E-state index contributed by atoms with van der Waals surface area (Å²) in [5.41, 5.74) is 1.19. The van der Waals surface area contributed by atoms with Gasteiger partial charge in [0.15, 0.2) is 5.82 Å². The molecule has 3 heterocycles. The maximum absolute atomic E-state index is 12.8. The van der Waals surface area contributed by atoms with Crippen LogP contribution in [0.25, 0.3) is 0 Å². The van der Waals surface area contributed by atoms with Gasteiger partial charge in [-0.3, -0.25) is 9.78 Å². The Morgan fingerprint density at radius 1 is 1.20 bits per heavy atom. The minimum Gasteiger partial charge on any atom is -0.355 e. The van der Waals surface area contributed by atoms with Crippen molar-refractivity contribution in [2.45, 2.75) is 31.2 Å². The van der Waals surface area contributed by atoms with E-state index >= 15 is 0 Å². The molecule has 6 heteroatoms. The van der Waals surface area contributed by atoms with Gasteiger partial charge in [0.25, 0.3) is 0 Å². The normalized spacial score (nSPS) is 23.3. The van der Waals surface area contributed by atoms with E-state index in [0.29, 0.717) is 17.9 Å². The van der Waals surface area contributed by atoms with Crippen molar-refractivity contribution in [1.29, 1.82) is 0 Å². The van der Waals surface area contributed by atoms with Crippen LogP contribution in [0.2, 0.25) is 0 Å². The van der Waals surface area contributed by atoms with Gasteiger partial charge in [-0.25, -0.2) is 0 Å². The Hall–Kier alpha value is -2.50. The van der Waals surface area contributed by atoms with Crippen molar-refractivity contribution >= 4 is 11.7 Å². The number of carbonyl (C=O) groups is 1. The first-order chi connectivity index (χ1) is 12.2. The second-order valence-corrected chi connectivity index (χ2v) is 6.98. The van der Waals surface area contributed by atoms with Crippen molar-refractivity contribution in [3.63, 3.8) is 0 Å². The Morgan fingerprint density at radius 2 is 2.00 bits per heavy atom. The molecule has 1 aliphatic carbocycles. The van der Waals surface area contributed by atoms with Gasteiger partial charge in [-0.2, -0.15) is 5.10 Å². The van der Waals surface area contributed by atoms with Crippen LogP contribution in [0.1, 0.15) is 30.7 Å². The largest absolute Gasteiger partial charge is 0.355 e. The minimum atomic E-state index is 0.151. The maximum atomic E-state index is 12.8. The highest BCUT2D eigenvalue weighted by Gasteiger charge is 2.46. The van der Waals surface area contributed by atoms with E-state index in [1.54, 1.807) is 12.4 Å². The van der Waals surface area contributed by atoms with Gasteiger partial charge in [0.05, 0.1) is 0 Å². The summed E-state index contributed by atoms with van der Waals surface area (Å²) in [7, 11) is 2.06. The fraction of sp³-hybridized carbons (Fsp3) is 0.474. The number of pyridine rings is 1. The topological polar surface area (TPSA) is 62.2 Å². The molecule has 2 fully saturated rings. The van der Waals surface area contributed by atoms with E-state index < -0.39 is 0 Å². The molecule has 0 unspecified atom stereocenters. The average Bonchev–Trinajstić information content (AvgIpc) is 3.49. The molecule has 0 radical (unpaired) electrons. The Labute approximate surface area is 147 Å². The van der Waals surface area contributed by atoms with Crippen molar-refractivity contribution in [3.8, 4) is 0 Å². The van der Waals surface area contributed by atoms with Gasteiger partial charge in [0, 0.05) is 50.7 Å². The lowest BCUT2D eigenvalue weighted by Gasteiger charge is -2.37. The third-order valence-electron chi connectivity index (χ3n) is 5.46. The number of rotatable bonds is 4. The van der Waals surface area contributed by atoms with E-state index in [1.165, 1.54) is 5.56 Å². The van der Waals surface area contributed by atoms with Crippen molar-refractivity contribution in [1.82, 2.24) is 20.1 Å². The first-order valence-electron chi connectivity index (χ1n) is 8.93. The molecule has 6 nitrogen and oxygen atoms in total. The Balaban J connectivity index is 1.31. The highest BCUT2D eigenvalue weighted by molar-refractivity contribution is 5.83. The van der Waals surface area contributed by atoms with E-state index in [9.17, 15) is 4.79 Å². The second-order valence-electron chi connectivity index (χ2n) is 6.98. The SMILES string of the molecule is CN(c1cccnn1)C1CCN(C(=O)[C@H]2C[C@@H]2c2cccnc2)CC1. The van der Waals surface area contributed by atoms with Gasteiger partial charge in [-0.05, 0) is 48.9 Å². The number of piperidine rings is 1. The quantitative estimate of drug-likeness (QED) is 0.855. The molecule has 2 atom stereocenters. The smallest absolute Gasteiger partial charge is 0.226 e. The minimum absolute atomic E-state index is 0.151. The van der Waals surface area contributed by atoms with Gasteiger partial charge in [0.1, 0.15) is 0 Å². The van der Waals surface area contributed by atoms with Crippen molar-refractivity contribution < 1.29 is 4.79 Å². The van der Waals surface area contributed by atoms with Crippen LogP contribution in [0.5, 0.6) is 0 Å². The van der Waals surface area contributed by atoms with Gasteiger partial charge in [-0.1, -0.05) is 6.07 Å². The lowest BCUT2D eigenvalue weighted by atomic mass is 10.0. The standard InChI is InChI=1S/C19H23N5O/c1-23(18-5-3-9-21-22-18)15-6-10-24(11-7-15)19(25)17-12-16(17)14-4-2-8-20-13-14/h2-5,8-9,13,15-17H,6-7,10-12H2,1H3/t16-,17+/m1/s1. The van der Waals surface area contributed by atoms with Gasteiger partial charge < -0.3 is 9.80 Å². The second kappa shape index (κ2) is 6.78. The fourth-order valence-electron chi connectivity index (χ4n) is 3.81. The molecular formula is C19H23N5O. The van der Waals surface area contributed by atoms with Crippen LogP contribution >= 0.6 is 0 Å². The number of hydrogen-bond donors (Lipinski definition) is 0. The molecule has 25 heavy (non-hydrogen) atoms. The molecule has 1 saturated carbocycles. The third kappa shape index (κ3) is 3.34. The van der Waals surface area contributed by atoms with E-state index in [0.717, 1.165) is 38.2 Å². The summed E-state index contributed by atoms with van der Waals surface area (Å²) in [6, 6.07) is 8.32. The summed E-state index contributed by atoms with van der Waals surface area (Å²) in [6.07, 6.45) is 8.27. The monoisotopic (exact) mass is 337 g/mol. The Kier molecular flexibility index (Phi) is 4.34. The summed E-state index contributed by atoms with van der Waals surface area (Å²) in [5, 5.41) is 8.13.